The highest BCUT2D eigenvalue weighted by molar-refractivity contribution is 5.72. The fourth-order valence-corrected chi connectivity index (χ4v) is 2.02. The Bertz CT molecular complexity index is 399. The SMILES string of the molecule is CCc1ccc(CC(=O)OCCN(CCO)CCO)cc1. The minimum Gasteiger partial charge on any atom is -0.464 e. The largest absolute Gasteiger partial charge is 0.464 e. The van der Waals surface area contributed by atoms with E-state index in [2.05, 4.69) is 6.92 Å². The molecule has 1 aromatic carbocycles. The lowest BCUT2D eigenvalue weighted by Gasteiger charge is -2.19. The van der Waals surface area contributed by atoms with Crippen molar-refractivity contribution in [3.05, 3.63) is 35.4 Å². The molecule has 1 rings (SSSR count). The summed E-state index contributed by atoms with van der Waals surface area (Å²) in [6.07, 6.45) is 1.25. The fourth-order valence-electron chi connectivity index (χ4n) is 2.02. The van der Waals surface area contributed by atoms with E-state index in [9.17, 15) is 4.79 Å². The minimum absolute atomic E-state index is 0.0255. The van der Waals surface area contributed by atoms with Gasteiger partial charge >= 0.3 is 5.97 Å². The van der Waals surface area contributed by atoms with E-state index in [1.807, 2.05) is 29.2 Å². The number of hydrogen-bond acceptors (Lipinski definition) is 5. The van der Waals surface area contributed by atoms with Crippen molar-refractivity contribution in [1.82, 2.24) is 4.90 Å². The molecule has 0 aliphatic heterocycles. The number of esters is 1. The second-order valence-corrected chi connectivity index (χ2v) is 4.86. The zero-order valence-corrected chi connectivity index (χ0v) is 12.6. The summed E-state index contributed by atoms with van der Waals surface area (Å²) < 4.78 is 5.18. The molecular weight excluding hydrogens is 270 g/mol. The normalized spacial score (nSPS) is 10.9. The standard InChI is InChI=1S/C16H25NO4/c1-2-14-3-5-15(6-4-14)13-16(20)21-12-9-17(7-10-18)8-11-19/h3-6,18-19H,2,7-13H2,1H3. The van der Waals surface area contributed by atoms with Crippen LogP contribution in [0, 0.1) is 0 Å². The number of aliphatic hydroxyl groups excluding tert-OH is 2. The third-order valence-corrected chi connectivity index (χ3v) is 3.28. The van der Waals surface area contributed by atoms with E-state index in [4.69, 9.17) is 14.9 Å². The predicted octanol–water partition coefficient (Wildman–Crippen LogP) is 0.621. The van der Waals surface area contributed by atoms with Crippen molar-refractivity contribution in [2.75, 3.05) is 39.5 Å². The number of hydrogen-bond donors (Lipinski definition) is 2. The van der Waals surface area contributed by atoms with Crippen LogP contribution >= 0.6 is 0 Å². The second kappa shape index (κ2) is 10.3. The van der Waals surface area contributed by atoms with Crippen LogP contribution in [0.15, 0.2) is 24.3 Å². The van der Waals surface area contributed by atoms with Gasteiger partial charge in [0.25, 0.3) is 0 Å². The Balaban J connectivity index is 2.29. The first-order valence-electron chi connectivity index (χ1n) is 7.37. The van der Waals surface area contributed by atoms with Crippen molar-refractivity contribution in [2.24, 2.45) is 0 Å². The van der Waals surface area contributed by atoms with Gasteiger partial charge in [0, 0.05) is 19.6 Å². The molecule has 0 aliphatic carbocycles. The quantitative estimate of drug-likeness (QED) is 0.619. The zero-order valence-electron chi connectivity index (χ0n) is 12.6. The molecule has 0 aromatic heterocycles. The van der Waals surface area contributed by atoms with E-state index in [1.54, 1.807) is 0 Å². The van der Waals surface area contributed by atoms with Gasteiger partial charge in [0.1, 0.15) is 6.61 Å². The Morgan fingerprint density at radius 2 is 1.62 bits per heavy atom. The maximum Gasteiger partial charge on any atom is 0.310 e. The van der Waals surface area contributed by atoms with Gasteiger partial charge in [0.2, 0.25) is 0 Å². The number of aliphatic hydroxyl groups is 2. The summed E-state index contributed by atoms with van der Waals surface area (Å²) in [5, 5.41) is 17.8. The predicted molar refractivity (Wildman–Crippen MR) is 81.1 cm³/mol. The molecule has 21 heavy (non-hydrogen) atoms. The highest BCUT2D eigenvalue weighted by Crippen LogP contribution is 2.06. The second-order valence-electron chi connectivity index (χ2n) is 4.86. The van der Waals surface area contributed by atoms with Crippen LogP contribution in [0.3, 0.4) is 0 Å². The number of carbonyl (C=O) groups is 1. The van der Waals surface area contributed by atoms with E-state index in [0.29, 0.717) is 19.6 Å². The van der Waals surface area contributed by atoms with Crippen LogP contribution in [0.1, 0.15) is 18.1 Å². The fraction of sp³-hybridized carbons (Fsp3) is 0.562. The molecule has 0 spiro atoms. The first-order valence-corrected chi connectivity index (χ1v) is 7.37. The van der Waals surface area contributed by atoms with Crippen molar-refractivity contribution in [2.45, 2.75) is 19.8 Å². The van der Waals surface area contributed by atoms with Crippen LogP contribution in [-0.4, -0.2) is 60.5 Å². The van der Waals surface area contributed by atoms with Gasteiger partial charge < -0.3 is 14.9 Å². The lowest BCUT2D eigenvalue weighted by Crippen LogP contribution is -2.33. The zero-order chi connectivity index (χ0) is 15.5. The van der Waals surface area contributed by atoms with Crippen molar-refractivity contribution >= 4 is 5.97 Å². The number of aryl methyl sites for hydroxylation is 1. The van der Waals surface area contributed by atoms with Crippen LogP contribution in [0.25, 0.3) is 0 Å². The van der Waals surface area contributed by atoms with Crippen molar-refractivity contribution in [3.8, 4) is 0 Å². The molecule has 118 valence electrons. The van der Waals surface area contributed by atoms with Crippen LogP contribution < -0.4 is 0 Å². The molecule has 0 radical (unpaired) electrons. The molecule has 5 heteroatoms. The molecular formula is C16H25NO4. The van der Waals surface area contributed by atoms with Gasteiger partial charge in [-0.3, -0.25) is 9.69 Å². The smallest absolute Gasteiger partial charge is 0.310 e. The summed E-state index contributed by atoms with van der Waals surface area (Å²) >= 11 is 0. The lowest BCUT2D eigenvalue weighted by molar-refractivity contribution is -0.143. The summed E-state index contributed by atoms with van der Waals surface area (Å²) in [6, 6.07) is 7.94. The Morgan fingerprint density at radius 3 is 2.14 bits per heavy atom. The number of benzene rings is 1. The molecule has 1 aromatic rings. The number of ether oxygens (including phenoxy) is 1. The molecule has 0 saturated carbocycles. The molecule has 0 unspecified atom stereocenters. The maximum atomic E-state index is 11.7. The Morgan fingerprint density at radius 1 is 1.05 bits per heavy atom. The van der Waals surface area contributed by atoms with Gasteiger partial charge in [-0.15, -0.1) is 0 Å². The van der Waals surface area contributed by atoms with E-state index >= 15 is 0 Å². The van der Waals surface area contributed by atoms with E-state index in [1.165, 1.54) is 5.56 Å². The summed E-state index contributed by atoms with van der Waals surface area (Å²) in [5.74, 6) is -0.257. The molecule has 0 saturated heterocycles. The van der Waals surface area contributed by atoms with Crippen LogP contribution in [0.2, 0.25) is 0 Å². The maximum absolute atomic E-state index is 11.7. The molecule has 2 N–H and O–H groups in total. The Kier molecular flexibility index (Phi) is 8.66. The van der Waals surface area contributed by atoms with Gasteiger partial charge in [0.05, 0.1) is 19.6 Å². The van der Waals surface area contributed by atoms with Gasteiger partial charge in [-0.05, 0) is 17.5 Å². The molecule has 0 amide bonds. The van der Waals surface area contributed by atoms with Gasteiger partial charge in [0.15, 0.2) is 0 Å². The average molecular weight is 295 g/mol. The average Bonchev–Trinajstić information content (AvgIpc) is 2.48. The Labute approximate surface area is 126 Å². The minimum atomic E-state index is -0.257. The number of rotatable bonds is 10. The molecule has 5 nitrogen and oxygen atoms in total. The Hall–Kier alpha value is -1.43. The molecule has 0 heterocycles. The summed E-state index contributed by atoms with van der Waals surface area (Å²) in [6.45, 7) is 3.87. The summed E-state index contributed by atoms with van der Waals surface area (Å²) in [7, 11) is 0. The van der Waals surface area contributed by atoms with Gasteiger partial charge in [-0.1, -0.05) is 31.2 Å². The van der Waals surface area contributed by atoms with Crippen molar-refractivity contribution < 1.29 is 19.7 Å². The lowest BCUT2D eigenvalue weighted by atomic mass is 10.1. The highest BCUT2D eigenvalue weighted by Gasteiger charge is 2.07. The first-order chi connectivity index (χ1) is 10.2. The number of carbonyl (C=O) groups excluding carboxylic acids is 1. The van der Waals surface area contributed by atoms with Crippen molar-refractivity contribution in [1.29, 1.82) is 0 Å². The molecule has 0 bridgehead atoms. The van der Waals surface area contributed by atoms with Crippen LogP contribution in [-0.2, 0) is 22.4 Å². The van der Waals surface area contributed by atoms with Crippen LogP contribution in [0.5, 0.6) is 0 Å². The first kappa shape index (κ1) is 17.6. The van der Waals surface area contributed by atoms with E-state index in [-0.39, 0.29) is 32.2 Å². The number of nitrogens with zero attached hydrogens (tertiary/aromatic N) is 1. The molecule has 0 atom stereocenters. The summed E-state index contributed by atoms with van der Waals surface area (Å²) in [5.41, 5.74) is 2.19. The van der Waals surface area contributed by atoms with Crippen molar-refractivity contribution in [3.63, 3.8) is 0 Å². The van der Waals surface area contributed by atoms with E-state index < -0.39 is 0 Å². The third kappa shape index (κ3) is 7.22. The molecule has 0 aliphatic rings. The molecule has 0 fully saturated rings. The monoisotopic (exact) mass is 295 g/mol. The van der Waals surface area contributed by atoms with Crippen LogP contribution in [0.4, 0.5) is 0 Å². The topological polar surface area (TPSA) is 70.0 Å². The van der Waals surface area contributed by atoms with E-state index in [0.717, 1.165) is 12.0 Å². The highest BCUT2D eigenvalue weighted by atomic mass is 16.5. The van der Waals surface area contributed by atoms with Gasteiger partial charge in [-0.25, -0.2) is 0 Å². The third-order valence-electron chi connectivity index (χ3n) is 3.28. The summed E-state index contributed by atoms with van der Waals surface area (Å²) in [4.78, 5) is 13.6. The van der Waals surface area contributed by atoms with Gasteiger partial charge in [-0.2, -0.15) is 0 Å².